The van der Waals surface area contributed by atoms with Crippen LogP contribution in [0, 0.1) is 0 Å². The molecule has 0 saturated carbocycles. The van der Waals surface area contributed by atoms with Crippen LogP contribution in [0.3, 0.4) is 0 Å². The van der Waals surface area contributed by atoms with Crippen LogP contribution in [0.5, 0.6) is 0 Å². The lowest BCUT2D eigenvalue weighted by atomic mass is 10.1. The van der Waals surface area contributed by atoms with E-state index in [0.717, 1.165) is 18.2 Å². The Morgan fingerprint density at radius 2 is 2.64 bits per heavy atom. The van der Waals surface area contributed by atoms with Gasteiger partial charge in [-0.15, -0.1) is 10.2 Å². The molecule has 0 amide bonds. The number of piperidine rings is 1. The summed E-state index contributed by atoms with van der Waals surface area (Å²) in [6.45, 7) is 5.74. The second-order valence-corrected chi connectivity index (χ2v) is 4.45. The van der Waals surface area contributed by atoms with Crippen molar-refractivity contribution in [1.82, 2.24) is 15.1 Å². The Morgan fingerprint density at radius 1 is 1.71 bits per heavy atom. The van der Waals surface area contributed by atoms with Crippen molar-refractivity contribution in [2.24, 2.45) is 0 Å². The van der Waals surface area contributed by atoms with Crippen LogP contribution in [0.15, 0.2) is 5.51 Å². The molecule has 0 radical (unpaired) electrons. The van der Waals surface area contributed by atoms with Gasteiger partial charge in [-0.2, -0.15) is 0 Å². The summed E-state index contributed by atoms with van der Waals surface area (Å²) in [7, 11) is 0. The van der Waals surface area contributed by atoms with Gasteiger partial charge in [0, 0.05) is 12.6 Å². The Labute approximate surface area is 88.3 Å². The maximum atomic E-state index is 4.00. The number of aromatic nitrogens is 2. The Balaban J connectivity index is 1.86. The average molecular weight is 212 g/mol. The van der Waals surface area contributed by atoms with E-state index in [-0.39, 0.29) is 0 Å². The van der Waals surface area contributed by atoms with Gasteiger partial charge in [-0.1, -0.05) is 18.3 Å². The standard InChI is InChI=1S/C9H16N4S/c1-2-13-5-3-4-8(6-13)11-9-12-10-7-14-9/h7-8H,2-6H2,1H3,(H,11,12). The van der Waals surface area contributed by atoms with Crippen molar-refractivity contribution in [3.63, 3.8) is 0 Å². The van der Waals surface area contributed by atoms with Crippen molar-refractivity contribution in [3.8, 4) is 0 Å². The van der Waals surface area contributed by atoms with E-state index in [1.165, 1.54) is 19.4 Å². The van der Waals surface area contributed by atoms with Crippen LogP contribution in [0.1, 0.15) is 19.8 Å². The number of anilines is 1. The summed E-state index contributed by atoms with van der Waals surface area (Å²) in [5.74, 6) is 0. The average Bonchev–Trinajstić information content (AvgIpc) is 2.71. The minimum absolute atomic E-state index is 0.552. The largest absolute Gasteiger partial charge is 0.356 e. The topological polar surface area (TPSA) is 41.0 Å². The first-order valence-corrected chi connectivity index (χ1v) is 6.01. The summed E-state index contributed by atoms with van der Waals surface area (Å²) in [5.41, 5.74) is 1.77. The van der Waals surface area contributed by atoms with E-state index >= 15 is 0 Å². The fraction of sp³-hybridized carbons (Fsp3) is 0.778. The summed E-state index contributed by atoms with van der Waals surface area (Å²) in [5, 5.41) is 12.2. The van der Waals surface area contributed by atoms with Crippen molar-refractivity contribution in [2.75, 3.05) is 25.0 Å². The third-order valence-electron chi connectivity index (χ3n) is 2.64. The SMILES string of the molecule is CCN1CCCC(Nc2nncs2)C1. The zero-order chi connectivity index (χ0) is 9.80. The smallest absolute Gasteiger partial charge is 0.205 e. The molecule has 1 saturated heterocycles. The lowest BCUT2D eigenvalue weighted by molar-refractivity contribution is 0.227. The molecular formula is C9H16N4S. The number of likely N-dealkylation sites (N-methyl/N-ethyl adjacent to an activating group) is 1. The van der Waals surface area contributed by atoms with Gasteiger partial charge in [0.25, 0.3) is 0 Å². The summed E-state index contributed by atoms with van der Waals surface area (Å²) in [4.78, 5) is 2.47. The fourth-order valence-electron chi connectivity index (χ4n) is 1.87. The predicted molar refractivity (Wildman–Crippen MR) is 58.7 cm³/mol. The monoisotopic (exact) mass is 212 g/mol. The van der Waals surface area contributed by atoms with Gasteiger partial charge >= 0.3 is 0 Å². The van der Waals surface area contributed by atoms with Gasteiger partial charge in [0.15, 0.2) is 0 Å². The van der Waals surface area contributed by atoms with Crippen molar-refractivity contribution < 1.29 is 0 Å². The summed E-state index contributed by atoms with van der Waals surface area (Å²) in [6, 6.07) is 0.552. The van der Waals surface area contributed by atoms with Crippen LogP contribution in [-0.2, 0) is 0 Å². The lowest BCUT2D eigenvalue weighted by Crippen LogP contribution is -2.41. The van der Waals surface area contributed by atoms with E-state index in [1.54, 1.807) is 16.8 Å². The van der Waals surface area contributed by atoms with E-state index in [2.05, 4.69) is 27.3 Å². The second kappa shape index (κ2) is 4.70. The Bertz CT molecular complexity index is 262. The van der Waals surface area contributed by atoms with Gasteiger partial charge in [-0.3, -0.25) is 0 Å². The molecule has 5 heteroatoms. The molecule has 0 bridgehead atoms. The van der Waals surface area contributed by atoms with Crippen LogP contribution in [0.25, 0.3) is 0 Å². The molecule has 1 N–H and O–H groups in total. The van der Waals surface area contributed by atoms with E-state index < -0.39 is 0 Å². The van der Waals surface area contributed by atoms with Gasteiger partial charge in [-0.25, -0.2) is 0 Å². The fourth-order valence-corrected chi connectivity index (χ4v) is 2.39. The molecule has 0 aliphatic carbocycles. The van der Waals surface area contributed by atoms with Crippen LogP contribution in [0.2, 0.25) is 0 Å². The minimum atomic E-state index is 0.552. The predicted octanol–water partition coefficient (Wildman–Crippen LogP) is 1.43. The lowest BCUT2D eigenvalue weighted by Gasteiger charge is -2.31. The third kappa shape index (κ3) is 2.42. The highest BCUT2D eigenvalue weighted by molar-refractivity contribution is 7.13. The quantitative estimate of drug-likeness (QED) is 0.823. The van der Waals surface area contributed by atoms with Crippen LogP contribution >= 0.6 is 11.3 Å². The molecule has 1 aromatic heterocycles. The molecule has 0 spiro atoms. The van der Waals surface area contributed by atoms with Crippen molar-refractivity contribution in [1.29, 1.82) is 0 Å². The molecule has 2 rings (SSSR count). The van der Waals surface area contributed by atoms with Crippen LogP contribution in [-0.4, -0.2) is 40.8 Å². The molecule has 1 aliphatic rings. The van der Waals surface area contributed by atoms with Gasteiger partial charge in [-0.05, 0) is 25.9 Å². The zero-order valence-electron chi connectivity index (χ0n) is 8.44. The number of nitrogens with one attached hydrogen (secondary N) is 1. The minimum Gasteiger partial charge on any atom is -0.356 e. The van der Waals surface area contributed by atoms with E-state index in [1.807, 2.05) is 0 Å². The number of hydrogen-bond acceptors (Lipinski definition) is 5. The molecule has 0 aromatic carbocycles. The maximum absolute atomic E-state index is 4.00. The summed E-state index contributed by atoms with van der Waals surface area (Å²) < 4.78 is 0. The molecule has 14 heavy (non-hydrogen) atoms. The molecule has 1 aromatic rings. The number of likely N-dealkylation sites (tertiary alicyclic amines) is 1. The molecular weight excluding hydrogens is 196 g/mol. The van der Waals surface area contributed by atoms with Crippen molar-refractivity contribution in [2.45, 2.75) is 25.8 Å². The maximum Gasteiger partial charge on any atom is 0.205 e. The molecule has 1 fully saturated rings. The van der Waals surface area contributed by atoms with Gasteiger partial charge in [0.05, 0.1) is 0 Å². The first kappa shape index (κ1) is 9.86. The Morgan fingerprint density at radius 3 is 3.36 bits per heavy atom. The van der Waals surface area contributed by atoms with Gasteiger partial charge in [0.1, 0.15) is 5.51 Å². The second-order valence-electron chi connectivity index (χ2n) is 3.62. The molecule has 4 nitrogen and oxygen atoms in total. The van der Waals surface area contributed by atoms with Gasteiger partial charge < -0.3 is 10.2 Å². The van der Waals surface area contributed by atoms with Gasteiger partial charge in [0.2, 0.25) is 5.13 Å². The number of nitrogens with zero attached hydrogens (tertiary/aromatic N) is 3. The van der Waals surface area contributed by atoms with Crippen molar-refractivity contribution >= 4 is 16.5 Å². The summed E-state index contributed by atoms with van der Waals surface area (Å²) in [6.07, 6.45) is 2.53. The number of rotatable bonds is 3. The first-order valence-electron chi connectivity index (χ1n) is 5.13. The highest BCUT2D eigenvalue weighted by Crippen LogP contribution is 2.16. The number of hydrogen-bond donors (Lipinski definition) is 1. The van der Waals surface area contributed by atoms with Crippen molar-refractivity contribution in [3.05, 3.63) is 5.51 Å². The normalized spacial score (nSPS) is 23.6. The Hall–Kier alpha value is -0.680. The van der Waals surface area contributed by atoms with E-state index in [9.17, 15) is 0 Å². The molecule has 78 valence electrons. The van der Waals surface area contributed by atoms with Crippen LogP contribution in [0.4, 0.5) is 5.13 Å². The molecule has 1 unspecified atom stereocenters. The Kier molecular flexibility index (Phi) is 3.31. The van der Waals surface area contributed by atoms with E-state index in [4.69, 9.17) is 0 Å². The molecule has 2 heterocycles. The van der Waals surface area contributed by atoms with Crippen LogP contribution < -0.4 is 5.32 Å². The summed E-state index contributed by atoms with van der Waals surface area (Å²) >= 11 is 1.57. The highest BCUT2D eigenvalue weighted by atomic mass is 32.1. The zero-order valence-corrected chi connectivity index (χ0v) is 9.26. The third-order valence-corrected chi connectivity index (χ3v) is 3.26. The first-order chi connectivity index (χ1) is 6.88. The van der Waals surface area contributed by atoms with E-state index in [0.29, 0.717) is 6.04 Å². The highest BCUT2D eigenvalue weighted by Gasteiger charge is 2.18. The molecule has 1 aliphatic heterocycles. The molecule has 1 atom stereocenters.